The second-order valence-electron chi connectivity index (χ2n) is 4.00. The molecule has 5 nitrogen and oxygen atoms in total. The highest BCUT2D eigenvalue weighted by molar-refractivity contribution is 9.10. The molecule has 0 aromatic carbocycles. The molecule has 8 heteroatoms. The second-order valence-corrected chi connectivity index (χ2v) is 6.29. The summed E-state index contributed by atoms with van der Waals surface area (Å²) in [5, 5.41) is 6.64. The van der Waals surface area contributed by atoms with Crippen LogP contribution in [-0.2, 0) is 6.54 Å². The van der Waals surface area contributed by atoms with E-state index in [1.54, 1.807) is 21.9 Å². The molecule has 0 saturated heterocycles. The number of rotatable bonds is 3. The second kappa shape index (κ2) is 5.07. The lowest BCUT2D eigenvalue weighted by Crippen LogP contribution is -2.19. The Hall–Kier alpha value is -1.18. The van der Waals surface area contributed by atoms with Crippen molar-refractivity contribution in [3.8, 4) is 0 Å². The fraction of sp³-hybridized carbons (Fsp3) is 0.182. The van der Waals surface area contributed by atoms with Gasteiger partial charge in [0.2, 0.25) is 0 Å². The lowest BCUT2D eigenvalue weighted by Gasteiger charge is -2.18. The Morgan fingerprint density at radius 3 is 3.05 bits per heavy atom. The van der Waals surface area contributed by atoms with Crippen molar-refractivity contribution in [3.05, 3.63) is 38.3 Å². The summed E-state index contributed by atoms with van der Waals surface area (Å²) in [4.78, 5) is 11.5. The average molecular weight is 359 g/mol. The molecule has 0 bridgehead atoms. The molecule has 0 aliphatic heterocycles. The summed E-state index contributed by atoms with van der Waals surface area (Å²) in [6.07, 6.45) is 1.47. The van der Waals surface area contributed by atoms with E-state index in [4.69, 9.17) is 11.6 Å². The molecule has 0 radical (unpaired) electrons. The van der Waals surface area contributed by atoms with E-state index in [9.17, 15) is 0 Å². The van der Waals surface area contributed by atoms with Gasteiger partial charge in [-0.15, -0.1) is 11.3 Å². The summed E-state index contributed by atoms with van der Waals surface area (Å²) >= 11 is 11.2. The first-order valence-corrected chi connectivity index (χ1v) is 7.49. The molecule has 0 saturated carbocycles. The predicted molar refractivity (Wildman–Crippen MR) is 79.9 cm³/mol. The predicted octanol–water partition coefficient (Wildman–Crippen LogP) is 3.24. The largest absolute Gasteiger partial charge is 0.354 e. The van der Waals surface area contributed by atoms with E-state index >= 15 is 0 Å². The third-order valence-corrected chi connectivity index (χ3v) is 4.48. The zero-order chi connectivity index (χ0) is 13.4. The molecule has 3 rings (SSSR count). The van der Waals surface area contributed by atoms with Crippen molar-refractivity contribution in [1.29, 1.82) is 0 Å². The van der Waals surface area contributed by atoms with Crippen LogP contribution in [0.3, 0.4) is 0 Å². The highest BCUT2D eigenvalue weighted by Gasteiger charge is 2.11. The molecule has 0 N–H and O–H groups in total. The number of anilines is 1. The maximum Gasteiger partial charge on any atom is 0.255 e. The lowest BCUT2D eigenvalue weighted by atomic mass is 10.4. The SMILES string of the molecule is CN(Cc1cc(Br)cs1)c1cc(Cl)nc2ncnn12. The molecule has 0 amide bonds. The number of thiophene rings is 1. The van der Waals surface area contributed by atoms with Gasteiger partial charge in [0.1, 0.15) is 17.3 Å². The minimum atomic E-state index is 0.412. The molecule has 98 valence electrons. The van der Waals surface area contributed by atoms with E-state index < -0.39 is 0 Å². The minimum absolute atomic E-state index is 0.412. The van der Waals surface area contributed by atoms with Gasteiger partial charge in [-0.3, -0.25) is 0 Å². The van der Waals surface area contributed by atoms with Gasteiger partial charge in [0.25, 0.3) is 5.78 Å². The molecular formula is C11H9BrClN5S. The van der Waals surface area contributed by atoms with Gasteiger partial charge in [-0.1, -0.05) is 11.6 Å². The molecule has 3 aromatic rings. The minimum Gasteiger partial charge on any atom is -0.354 e. The summed E-state index contributed by atoms with van der Waals surface area (Å²) in [7, 11) is 1.99. The smallest absolute Gasteiger partial charge is 0.255 e. The van der Waals surface area contributed by atoms with Crippen LogP contribution in [0.4, 0.5) is 5.82 Å². The summed E-state index contributed by atoms with van der Waals surface area (Å²) in [6.45, 7) is 0.769. The summed E-state index contributed by atoms with van der Waals surface area (Å²) in [5.74, 6) is 1.36. The Balaban J connectivity index is 1.96. The molecule has 3 heterocycles. The quantitative estimate of drug-likeness (QED) is 0.674. The van der Waals surface area contributed by atoms with Crippen molar-refractivity contribution >= 4 is 50.5 Å². The van der Waals surface area contributed by atoms with E-state index in [1.807, 2.05) is 7.05 Å². The average Bonchev–Trinajstić information content (AvgIpc) is 2.96. The molecule has 0 fully saturated rings. The molecule has 0 aliphatic carbocycles. The van der Waals surface area contributed by atoms with Crippen molar-refractivity contribution in [3.63, 3.8) is 0 Å². The molecular weight excluding hydrogens is 350 g/mol. The Labute approximate surface area is 127 Å². The number of halogens is 2. The van der Waals surface area contributed by atoms with Crippen LogP contribution in [0.2, 0.25) is 5.15 Å². The van der Waals surface area contributed by atoms with E-state index in [-0.39, 0.29) is 0 Å². The topological polar surface area (TPSA) is 46.3 Å². The molecule has 0 unspecified atom stereocenters. The van der Waals surface area contributed by atoms with Crippen LogP contribution in [0.5, 0.6) is 0 Å². The zero-order valence-corrected chi connectivity index (χ0v) is 13.1. The van der Waals surface area contributed by atoms with E-state index in [0.717, 1.165) is 16.8 Å². The van der Waals surface area contributed by atoms with E-state index in [1.165, 1.54) is 11.2 Å². The van der Waals surface area contributed by atoms with Crippen LogP contribution < -0.4 is 4.90 Å². The summed E-state index contributed by atoms with van der Waals surface area (Å²) in [5.41, 5.74) is 0. The van der Waals surface area contributed by atoms with Crippen LogP contribution in [0, 0.1) is 0 Å². The number of hydrogen-bond acceptors (Lipinski definition) is 5. The van der Waals surface area contributed by atoms with Gasteiger partial charge in [-0.2, -0.15) is 19.6 Å². The first kappa shape index (κ1) is 12.8. The fourth-order valence-corrected chi connectivity index (χ4v) is 3.47. The molecule has 19 heavy (non-hydrogen) atoms. The van der Waals surface area contributed by atoms with Gasteiger partial charge in [0.05, 0.1) is 6.54 Å². The lowest BCUT2D eigenvalue weighted by molar-refractivity contribution is 0.839. The van der Waals surface area contributed by atoms with Crippen LogP contribution in [-0.4, -0.2) is 26.6 Å². The van der Waals surface area contributed by atoms with Crippen LogP contribution in [0.25, 0.3) is 5.78 Å². The molecule has 3 aromatic heterocycles. The summed E-state index contributed by atoms with van der Waals surface area (Å²) in [6, 6.07) is 3.88. The highest BCUT2D eigenvalue weighted by Crippen LogP contribution is 2.24. The van der Waals surface area contributed by atoms with Gasteiger partial charge in [-0.05, 0) is 22.0 Å². The van der Waals surface area contributed by atoms with Crippen molar-refractivity contribution in [2.75, 3.05) is 11.9 Å². The van der Waals surface area contributed by atoms with Crippen molar-refractivity contribution in [2.24, 2.45) is 0 Å². The Morgan fingerprint density at radius 2 is 2.32 bits per heavy atom. The maximum atomic E-state index is 6.01. The zero-order valence-electron chi connectivity index (χ0n) is 9.92. The van der Waals surface area contributed by atoms with E-state index in [2.05, 4.69) is 47.3 Å². The van der Waals surface area contributed by atoms with E-state index in [0.29, 0.717) is 10.9 Å². The fourth-order valence-electron chi connectivity index (χ4n) is 1.79. The molecule has 0 spiro atoms. The Morgan fingerprint density at radius 1 is 1.47 bits per heavy atom. The van der Waals surface area contributed by atoms with Crippen molar-refractivity contribution in [1.82, 2.24) is 19.6 Å². The van der Waals surface area contributed by atoms with Crippen LogP contribution >= 0.6 is 38.9 Å². The highest BCUT2D eigenvalue weighted by atomic mass is 79.9. The number of hydrogen-bond donors (Lipinski definition) is 0. The standard InChI is InChI=1S/C11H9BrClN5S/c1-17(4-8-2-7(12)5-19-8)10-3-9(13)16-11-14-6-15-18(10)11/h2-3,5-6H,4H2,1H3. The van der Waals surface area contributed by atoms with Gasteiger partial charge in [0.15, 0.2) is 0 Å². The Kier molecular flexibility index (Phi) is 3.42. The van der Waals surface area contributed by atoms with Crippen LogP contribution in [0.1, 0.15) is 4.88 Å². The van der Waals surface area contributed by atoms with Gasteiger partial charge in [-0.25, -0.2) is 0 Å². The first-order valence-electron chi connectivity index (χ1n) is 5.44. The van der Waals surface area contributed by atoms with Crippen molar-refractivity contribution in [2.45, 2.75) is 6.54 Å². The maximum absolute atomic E-state index is 6.01. The Bertz CT molecular complexity index is 725. The number of nitrogens with zero attached hydrogens (tertiary/aromatic N) is 5. The van der Waals surface area contributed by atoms with Gasteiger partial charge >= 0.3 is 0 Å². The van der Waals surface area contributed by atoms with Crippen LogP contribution in [0.15, 0.2) is 28.3 Å². The van der Waals surface area contributed by atoms with Gasteiger partial charge < -0.3 is 4.90 Å². The monoisotopic (exact) mass is 357 g/mol. The number of aromatic nitrogens is 4. The molecule has 0 aliphatic rings. The normalized spacial score (nSPS) is 11.1. The molecule has 0 atom stereocenters. The summed E-state index contributed by atoms with van der Waals surface area (Å²) < 4.78 is 2.77. The third-order valence-electron chi connectivity index (χ3n) is 2.61. The first-order chi connectivity index (χ1) is 9.13. The van der Waals surface area contributed by atoms with Gasteiger partial charge in [0, 0.05) is 27.8 Å². The van der Waals surface area contributed by atoms with Crippen molar-refractivity contribution < 1.29 is 0 Å². The third kappa shape index (κ3) is 2.58. The number of fused-ring (bicyclic) bond motifs is 1.